The number of rotatable bonds is 6. The minimum absolute atomic E-state index is 0.0401. The second-order valence-corrected chi connectivity index (χ2v) is 7.64. The summed E-state index contributed by atoms with van der Waals surface area (Å²) in [6, 6.07) is 12.7. The minimum atomic E-state index is -4.53. The summed E-state index contributed by atoms with van der Waals surface area (Å²) in [5, 5.41) is 2.56. The molecule has 2 aromatic rings. The number of benzene rings is 2. The van der Waals surface area contributed by atoms with Gasteiger partial charge in [0.05, 0.1) is 17.1 Å². The van der Waals surface area contributed by atoms with Crippen LogP contribution in [-0.4, -0.2) is 20.1 Å². The fourth-order valence-corrected chi connectivity index (χ4v) is 3.48. The monoisotopic (exact) mass is 371 g/mol. The lowest BCUT2D eigenvalue weighted by atomic mass is 10.1. The summed E-state index contributed by atoms with van der Waals surface area (Å²) in [6.45, 7) is 0. The maximum absolute atomic E-state index is 12.7. The lowest BCUT2D eigenvalue weighted by molar-refractivity contribution is -0.137. The molecule has 0 unspecified atom stereocenters. The summed E-state index contributed by atoms with van der Waals surface area (Å²) >= 11 is 0. The van der Waals surface area contributed by atoms with E-state index < -0.39 is 39.0 Å². The Morgan fingerprint density at radius 3 is 2.32 bits per heavy atom. The Morgan fingerprint density at radius 1 is 1.00 bits per heavy atom. The van der Waals surface area contributed by atoms with E-state index in [1.54, 1.807) is 30.3 Å². The molecular weight excluding hydrogens is 355 g/mol. The molecule has 0 spiro atoms. The first-order chi connectivity index (χ1) is 11.7. The van der Waals surface area contributed by atoms with Crippen LogP contribution in [0.25, 0.3) is 0 Å². The van der Waals surface area contributed by atoms with Crippen molar-refractivity contribution in [3.05, 3.63) is 65.7 Å². The number of carbonyl (C=O) groups excluding carboxylic acids is 1. The Hall–Kier alpha value is -2.35. The number of halogens is 3. The maximum Gasteiger partial charge on any atom is 0.416 e. The van der Waals surface area contributed by atoms with Crippen LogP contribution in [-0.2, 0) is 26.6 Å². The van der Waals surface area contributed by atoms with Gasteiger partial charge in [0.25, 0.3) is 0 Å². The SMILES string of the molecule is O=C(CCS(=O)(=O)Cc1cccc(C(F)(F)F)c1)Nc1ccccc1. The molecule has 2 rings (SSSR count). The number of hydrogen-bond donors (Lipinski definition) is 1. The van der Waals surface area contributed by atoms with E-state index in [0.29, 0.717) is 5.69 Å². The van der Waals surface area contributed by atoms with E-state index in [4.69, 9.17) is 0 Å². The van der Waals surface area contributed by atoms with Crippen LogP contribution in [0.15, 0.2) is 54.6 Å². The Labute approximate surface area is 143 Å². The van der Waals surface area contributed by atoms with Gasteiger partial charge in [-0.3, -0.25) is 4.79 Å². The zero-order valence-corrected chi connectivity index (χ0v) is 13.9. The average molecular weight is 371 g/mol. The van der Waals surface area contributed by atoms with Crippen molar-refractivity contribution >= 4 is 21.4 Å². The molecule has 2 aromatic carbocycles. The third-order valence-electron chi connectivity index (χ3n) is 3.34. The Bertz CT molecular complexity index is 834. The van der Waals surface area contributed by atoms with Gasteiger partial charge in [0, 0.05) is 12.1 Å². The van der Waals surface area contributed by atoms with Crippen molar-refractivity contribution in [3.63, 3.8) is 0 Å². The highest BCUT2D eigenvalue weighted by Gasteiger charge is 2.30. The first-order valence-electron chi connectivity index (χ1n) is 7.37. The van der Waals surface area contributed by atoms with E-state index in [-0.39, 0.29) is 12.0 Å². The quantitative estimate of drug-likeness (QED) is 0.843. The zero-order valence-electron chi connectivity index (χ0n) is 13.1. The molecule has 25 heavy (non-hydrogen) atoms. The molecule has 0 bridgehead atoms. The van der Waals surface area contributed by atoms with Crippen LogP contribution in [0.1, 0.15) is 17.5 Å². The predicted octanol–water partition coefficient (Wildman–Crippen LogP) is 3.65. The Kier molecular flexibility index (Phi) is 5.84. The zero-order chi connectivity index (χ0) is 18.5. The van der Waals surface area contributed by atoms with Crippen LogP contribution < -0.4 is 5.32 Å². The molecule has 0 aromatic heterocycles. The molecule has 0 heterocycles. The first kappa shape index (κ1) is 19.0. The molecule has 1 N–H and O–H groups in total. The lowest BCUT2D eigenvalue weighted by Gasteiger charge is -2.09. The summed E-state index contributed by atoms with van der Waals surface area (Å²) in [5.41, 5.74) is -0.317. The number of alkyl halides is 3. The largest absolute Gasteiger partial charge is 0.416 e. The number of nitrogens with one attached hydrogen (secondary N) is 1. The van der Waals surface area contributed by atoms with Crippen molar-refractivity contribution in [1.29, 1.82) is 0 Å². The van der Waals surface area contributed by atoms with Gasteiger partial charge in [-0.05, 0) is 23.8 Å². The van der Waals surface area contributed by atoms with Gasteiger partial charge in [0.15, 0.2) is 9.84 Å². The first-order valence-corrected chi connectivity index (χ1v) is 9.19. The fraction of sp³-hybridized carbons (Fsp3) is 0.235. The molecule has 4 nitrogen and oxygen atoms in total. The Balaban J connectivity index is 1.95. The molecule has 0 aliphatic carbocycles. The highest BCUT2D eigenvalue weighted by Crippen LogP contribution is 2.29. The van der Waals surface area contributed by atoms with Crippen molar-refractivity contribution in [3.8, 4) is 0 Å². The molecule has 0 aliphatic rings. The fourth-order valence-electron chi connectivity index (χ4n) is 2.16. The van der Waals surface area contributed by atoms with Gasteiger partial charge < -0.3 is 5.32 Å². The summed E-state index contributed by atoms with van der Waals surface area (Å²) in [6.07, 6.45) is -4.80. The van der Waals surface area contributed by atoms with Crippen molar-refractivity contribution in [1.82, 2.24) is 0 Å². The van der Waals surface area contributed by atoms with Gasteiger partial charge in [-0.1, -0.05) is 36.4 Å². The number of para-hydroxylation sites is 1. The van der Waals surface area contributed by atoms with E-state index >= 15 is 0 Å². The van der Waals surface area contributed by atoms with Crippen LogP contribution in [0.2, 0.25) is 0 Å². The molecule has 1 amide bonds. The van der Waals surface area contributed by atoms with Crippen LogP contribution >= 0.6 is 0 Å². The van der Waals surface area contributed by atoms with Crippen LogP contribution in [0.5, 0.6) is 0 Å². The summed E-state index contributed by atoms with van der Waals surface area (Å²) in [4.78, 5) is 11.8. The smallest absolute Gasteiger partial charge is 0.326 e. The Morgan fingerprint density at radius 2 is 1.68 bits per heavy atom. The van der Waals surface area contributed by atoms with Gasteiger partial charge in [-0.15, -0.1) is 0 Å². The van der Waals surface area contributed by atoms with E-state index in [1.807, 2.05) is 0 Å². The molecule has 0 radical (unpaired) electrons. The molecule has 0 fully saturated rings. The van der Waals surface area contributed by atoms with E-state index in [0.717, 1.165) is 18.2 Å². The van der Waals surface area contributed by atoms with Gasteiger partial charge in [-0.2, -0.15) is 13.2 Å². The van der Waals surface area contributed by atoms with E-state index in [2.05, 4.69) is 5.32 Å². The molecule has 134 valence electrons. The predicted molar refractivity (Wildman–Crippen MR) is 88.6 cm³/mol. The van der Waals surface area contributed by atoms with Crippen LogP contribution in [0.3, 0.4) is 0 Å². The topological polar surface area (TPSA) is 63.2 Å². The highest BCUT2D eigenvalue weighted by atomic mass is 32.2. The molecule has 0 atom stereocenters. The van der Waals surface area contributed by atoms with Gasteiger partial charge in [-0.25, -0.2) is 8.42 Å². The number of sulfone groups is 1. The summed E-state index contributed by atoms with van der Waals surface area (Å²) in [5.74, 6) is -1.46. The van der Waals surface area contributed by atoms with Crippen molar-refractivity contribution < 1.29 is 26.4 Å². The van der Waals surface area contributed by atoms with Crippen molar-refractivity contribution in [2.45, 2.75) is 18.3 Å². The standard InChI is InChI=1S/C17H16F3NO3S/c18-17(19,20)14-6-4-5-13(11-14)12-25(23,24)10-9-16(22)21-15-7-2-1-3-8-15/h1-8,11H,9-10,12H2,(H,21,22). The second-order valence-electron chi connectivity index (χ2n) is 5.45. The normalized spacial score (nSPS) is 12.0. The number of hydrogen-bond acceptors (Lipinski definition) is 3. The van der Waals surface area contributed by atoms with Crippen LogP contribution in [0.4, 0.5) is 18.9 Å². The molecule has 0 saturated heterocycles. The van der Waals surface area contributed by atoms with Crippen LogP contribution in [0, 0.1) is 0 Å². The third-order valence-corrected chi connectivity index (χ3v) is 4.94. The molecule has 8 heteroatoms. The highest BCUT2D eigenvalue weighted by molar-refractivity contribution is 7.90. The maximum atomic E-state index is 12.7. The van der Waals surface area contributed by atoms with Gasteiger partial charge >= 0.3 is 6.18 Å². The third kappa shape index (κ3) is 6.22. The number of amides is 1. The van der Waals surface area contributed by atoms with Gasteiger partial charge in [0.1, 0.15) is 0 Å². The van der Waals surface area contributed by atoms with Crippen molar-refractivity contribution in [2.24, 2.45) is 0 Å². The van der Waals surface area contributed by atoms with Gasteiger partial charge in [0.2, 0.25) is 5.91 Å². The average Bonchev–Trinajstić information content (AvgIpc) is 2.53. The minimum Gasteiger partial charge on any atom is -0.326 e. The van der Waals surface area contributed by atoms with E-state index in [9.17, 15) is 26.4 Å². The molecule has 0 saturated carbocycles. The van der Waals surface area contributed by atoms with Crippen molar-refractivity contribution in [2.75, 3.05) is 11.1 Å². The van der Waals surface area contributed by atoms with E-state index in [1.165, 1.54) is 6.07 Å². The molecule has 0 aliphatic heterocycles. The summed E-state index contributed by atoms with van der Waals surface area (Å²) in [7, 11) is -3.71. The second kappa shape index (κ2) is 7.69. The number of carbonyl (C=O) groups is 1. The molecular formula is C17H16F3NO3S. The summed E-state index contributed by atoms with van der Waals surface area (Å²) < 4.78 is 62.1. The number of anilines is 1. The lowest BCUT2D eigenvalue weighted by Crippen LogP contribution is -2.18.